The van der Waals surface area contributed by atoms with E-state index in [-0.39, 0.29) is 5.69 Å². The maximum atomic E-state index is 10.9. The molecule has 2 rings (SSSR count). The van der Waals surface area contributed by atoms with Crippen LogP contribution in [0.4, 0.5) is 0 Å². The van der Waals surface area contributed by atoms with Crippen LogP contribution in [0.5, 0.6) is 5.75 Å². The number of rotatable bonds is 5. The van der Waals surface area contributed by atoms with Crippen molar-refractivity contribution < 1.29 is 14.6 Å². The lowest BCUT2D eigenvalue weighted by molar-refractivity contribution is 0.0690. The molecule has 20 heavy (non-hydrogen) atoms. The van der Waals surface area contributed by atoms with Gasteiger partial charge in [0, 0.05) is 17.7 Å². The van der Waals surface area contributed by atoms with E-state index in [1.165, 1.54) is 6.07 Å². The molecule has 0 radical (unpaired) electrons. The van der Waals surface area contributed by atoms with Crippen LogP contribution in [0.15, 0.2) is 24.3 Å². The summed E-state index contributed by atoms with van der Waals surface area (Å²) in [6.07, 6.45) is 0. The standard InChI is InChI=1S/C14H17N3O3/c1-17(2)8-10-6-9(4-5-13(10)20-3)11-7-12(14(18)19)16-15-11/h4-7H,8H2,1-3H3,(H,15,16)(H,18,19). The molecular weight excluding hydrogens is 258 g/mol. The number of carbonyl (C=O) groups is 1. The molecule has 0 saturated carbocycles. The molecule has 0 aliphatic heterocycles. The van der Waals surface area contributed by atoms with Crippen molar-refractivity contribution in [2.75, 3.05) is 21.2 Å². The Hall–Kier alpha value is -2.34. The van der Waals surface area contributed by atoms with Gasteiger partial charge in [-0.15, -0.1) is 0 Å². The quantitative estimate of drug-likeness (QED) is 0.870. The van der Waals surface area contributed by atoms with E-state index in [2.05, 4.69) is 10.2 Å². The van der Waals surface area contributed by atoms with Crippen LogP contribution in [0.3, 0.4) is 0 Å². The molecule has 6 heteroatoms. The highest BCUT2D eigenvalue weighted by Crippen LogP contribution is 2.26. The van der Waals surface area contributed by atoms with Gasteiger partial charge >= 0.3 is 5.97 Å². The molecule has 0 unspecified atom stereocenters. The van der Waals surface area contributed by atoms with Crippen LogP contribution in [-0.4, -0.2) is 47.4 Å². The van der Waals surface area contributed by atoms with Gasteiger partial charge in [-0.3, -0.25) is 5.10 Å². The van der Waals surface area contributed by atoms with Crippen LogP contribution < -0.4 is 4.74 Å². The molecule has 0 bridgehead atoms. The monoisotopic (exact) mass is 275 g/mol. The van der Waals surface area contributed by atoms with Crippen molar-refractivity contribution in [2.45, 2.75) is 6.54 Å². The van der Waals surface area contributed by atoms with Gasteiger partial charge in [0.1, 0.15) is 11.4 Å². The highest BCUT2D eigenvalue weighted by atomic mass is 16.5. The number of methoxy groups -OCH3 is 1. The normalized spacial score (nSPS) is 10.8. The van der Waals surface area contributed by atoms with Crippen LogP contribution in [0.2, 0.25) is 0 Å². The third kappa shape index (κ3) is 2.97. The Morgan fingerprint density at radius 2 is 2.15 bits per heavy atom. The van der Waals surface area contributed by atoms with E-state index >= 15 is 0 Å². The fourth-order valence-corrected chi connectivity index (χ4v) is 1.98. The van der Waals surface area contributed by atoms with Crippen LogP contribution in [0, 0.1) is 0 Å². The Labute approximate surface area is 117 Å². The fraction of sp³-hybridized carbons (Fsp3) is 0.286. The zero-order valence-electron chi connectivity index (χ0n) is 11.7. The Morgan fingerprint density at radius 1 is 1.40 bits per heavy atom. The lowest BCUT2D eigenvalue weighted by Gasteiger charge is -2.14. The summed E-state index contributed by atoms with van der Waals surface area (Å²) in [4.78, 5) is 12.9. The van der Waals surface area contributed by atoms with Gasteiger partial charge in [0.2, 0.25) is 0 Å². The van der Waals surface area contributed by atoms with E-state index in [9.17, 15) is 4.79 Å². The summed E-state index contributed by atoms with van der Waals surface area (Å²) in [6, 6.07) is 7.20. The molecule has 6 nitrogen and oxygen atoms in total. The minimum absolute atomic E-state index is 0.0741. The second-order valence-corrected chi connectivity index (χ2v) is 4.74. The maximum Gasteiger partial charge on any atom is 0.353 e. The van der Waals surface area contributed by atoms with E-state index in [0.717, 1.165) is 23.4 Å². The van der Waals surface area contributed by atoms with Crippen LogP contribution >= 0.6 is 0 Å². The lowest BCUT2D eigenvalue weighted by atomic mass is 10.1. The Balaban J connectivity index is 2.38. The molecule has 0 spiro atoms. The van der Waals surface area contributed by atoms with E-state index in [1.807, 2.05) is 37.2 Å². The number of H-pyrrole nitrogens is 1. The second-order valence-electron chi connectivity index (χ2n) is 4.74. The average molecular weight is 275 g/mol. The summed E-state index contributed by atoms with van der Waals surface area (Å²) in [7, 11) is 5.58. The average Bonchev–Trinajstić information content (AvgIpc) is 2.87. The van der Waals surface area contributed by atoms with Crippen molar-refractivity contribution in [3.8, 4) is 17.0 Å². The van der Waals surface area contributed by atoms with E-state index in [1.54, 1.807) is 7.11 Å². The lowest BCUT2D eigenvalue weighted by Crippen LogP contribution is -2.11. The number of nitrogens with one attached hydrogen (secondary N) is 1. The number of carboxylic acids is 1. The van der Waals surface area contributed by atoms with Crippen LogP contribution in [0.1, 0.15) is 16.1 Å². The predicted molar refractivity (Wildman–Crippen MR) is 74.9 cm³/mol. The summed E-state index contributed by atoms with van der Waals surface area (Å²) in [5.74, 6) is -0.220. The molecule has 0 fully saturated rings. The van der Waals surface area contributed by atoms with Crippen molar-refractivity contribution in [3.63, 3.8) is 0 Å². The second kappa shape index (κ2) is 5.75. The summed E-state index contributed by atoms with van der Waals surface area (Å²) in [5.41, 5.74) is 2.55. The molecule has 0 saturated heterocycles. The molecule has 0 amide bonds. The largest absolute Gasteiger partial charge is 0.496 e. The van der Waals surface area contributed by atoms with Gasteiger partial charge in [-0.1, -0.05) is 0 Å². The number of aromatic nitrogens is 2. The highest BCUT2D eigenvalue weighted by Gasteiger charge is 2.12. The third-order valence-corrected chi connectivity index (χ3v) is 2.87. The Kier molecular flexibility index (Phi) is 4.05. The summed E-state index contributed by atoms with van der Waals surface area (Å²) in [5, 5.41) is 15.4. The molecule has 0 aliphatic carbocycles. The van der Waals surface area contributed by atoms with Crippen LogP contribution in [0.25, 0.3) is 11.3 Å². The van der Waals surface area contributed by atoms with Gasteiger partial charge < -0.3 is 14.7 Å². The zero-order valence-corrected chi connectivity index (χ0v) is 11.7. The first-order valence-corrected chi connectivity index (χ1v) is 6.12. The van der Waals surface area contributed by atoms with E-state index < -0.39 is 5.97 Å². The van der Waals surface area contributed by atoms with Crippen molar-refractivity contribution >= 4 is 5.97 Å². The molecule has 2 N–H and O–H groups in total. The first-order chi connectivity index (χ1) is 9.51. The topological polar surface area (TPSA) is 78.5 Å². The first-order valence-electron chi connectivity index (χ1n) is 6.12. The van der Waals surface area contributed by atoms with Gasteiger partial charge in [-0.05, 0) is 38.4 Å². The van der Waals surface area contributed by atoms with Gasteiger partial charge in [0.15, 0.2) is 0 Å². The molecule has 1 aromatic carbocycles. The van der Waals surface area contributed by atoms with Crippen molar-refractivity contribution in [3.05, 3.63) is 35.5 Å². The summed E-state index contributed by atoms with van der Waals surface area (Å²) in [6.45, 7) is 0.729. The highest BCUT2D eigenvalue weighted by molar-refractivity contribution is 5.86. The van der Waals surface area contributed by atoms with Crippen LogP contribution in [-0.2, 0) is 6.54 Å². The summed E-state index contributed by atoms with van der Waals surface area (Å²) >= 11 is 0. The number of aromatic amines is 1. The van der Waals surface area contributed by atoms with Crippen molar-refractivity contribution in [1.29, 1.82) is 0 Å². The summed E-state index contributed by atoms with van der Waals surface area (Å²) < 4.78 is 5.33. The molecule has 1 heterocycles. The minimum Gasteiger partial charge on any atom is -0.496 e. The molecule has 1 aromatic heterocycles. The van der Waals surface area contributed by atoms with Crippen molar-refractivity contribution in [2.24, 2.45) is 0 Å². The fourth-order valence-electron chi connectivity index (χ4n) is 1.98. The molecular formula is C14H17N3O3. The zero-order chi connectivity index (χ0) is 14.7. The number of ether oxygens (including phenoxy) is 1. The molecule has 2 aromatic rings. The van der Waals surface area contributed by atoms with Crippen molar-refractivity contribution in [1.82, 2.24) is 15.1 Å². The number of nitrogens with zero attached hydrogens (tertiary/aromatic N) is 2. The molecule has 0 atom stereocenters. The van der Waals surface area contributed by atoms with Gasteiger partial charge in [-0.2, -0.15) is 5.10 Å². The number of aromatic carboxylic acids is 1. The first kappa shape index (κ1) is 14.1. The number of hydrogen-bond donors (Lipinski definition) is 2. The number of hydrogen-bond acceptors (Lipinski definition) is 4. The number of benzene rings is 1. The molecule has 0 aliphatic rings. The van der Waals surface area contributed by atoms with Gasteiger partial charge in [0.05, 0.1) is 12.8 Å². The SMILES string of the molecule is COc1ccc(-c2cc(C(=O)O)[nH]n2)cc1CN(C)C. The van der Waals surface area contributed by atoms with Gasteiger partial charge in [0.25, 0.3) is 0 Å². The molecule has 106 valence electrons. The smallest absolute Gasteiger partial charge is 0.353 e. The Bertz CT molecular complexity index is 620. The maximum absolute atomic E-state index is 10.9. The predicted octanol–water partition coefficient (Wildman–Crippen LogP) is 1.85. The minimum atomic E-state index is -1.02. The van der Waals surface area contributed by atoms with Gasteiger partial charge in [-0.25, -0.2) is 4.79 Å². The van der Waals surface area contributed by atoms with E-state index in [0.29, 0.717) is 5.69 Å². The number of carboxylic acid groups (broad SMARTS) is 1. The third-order valence-electron chi connectivity index (χ3n) is 2.87. The van der Waals surface area contributed by atoms with E-state index in [4.69, 9.17) is 9.84 Å². The Morgan fingerprint density at radius 3 is 2.70 bits per heavy atom.